The van der Waals surface area contributed by atoms with Gasteiger partial charge in [0.25, 0.3) is 0 Å². The van der Waals surface area contributed by atoms with Gasteiger partial charge in [0.05, 0.1) is 0 Å². The van der Waals surface area contributed by atoms with Gasteiger partial charge in [0.2, 0.25) is 5.91 Å². The maximum absolute atomic E-state index is 12.4. The average Bonchev–Trinajstić information content (AvgIpc) is 2.88. The van der Waals surface area contributed by atoms with Crippen LogP contribution in [0.1, 0.15) is 25.7 Å². The summed E-state index contributed by atoms with van der Waals surface area (Å²) in [5, 5.41) is 6.44. The molecule has 19 heavy (non-hydrogen) atoms. The van der Waals surface area contributed by atoms with E-state index < -0.39 is 14.6 Å². The highest BCUT2D eigenvalue weighted by atomic mass is 32.2. The van der Waals surface area contributed by atoms with Crippen LogP contribution in [-0.2, 0) is 14.6 Å². The van der Waals surface area contributed by atoms with Crippen molar-refractivity contribution in [3.63, 3.8) is 0 Å². The Balaban J connectivity index is 2.03. The third-order valence-electron chi connectivity index (χ3n) is 4.05. The summed E-state index contributed by atoms with van der Waals surface area (Å²) in [6, 6.07) is 0. The standard InChI is InChI=1S/C12H22N2O3S2/c1-19(16,17)12(4-6-13-7-5-12)11(15)14-9-10-3-2-8-18-10/h10,13H,2-9H2,1H3,(H,14,15). The third-order valence-corrected chi connectivity index (χ3v) is 7.46. The van der Waals surface area contributed by atoms with Crippen LogP contribution in [0, 0.1) is 0 Å². The third kappa shape index (κ3) is 3.25. The summed E-state index contributed by atoms with van der Waals surface area (Å²) in [5.74, 6) is 0.839. The van der Waals surface area contributed by atoms with E-state index in [1.54, 1.807) is 0 Å². The molecule has 0 saturated carbocycles. The first-order valence-corrected chi connectivity index (χ1v) is 9.70. The van der Waals surface area contributed by atoms with E-state index in [9.17, 15) is 13.2 Å². The lowest BCUT2D eigenvalue weighted by atomic mass is 9.96. The Bertz CT molecular complexity index is 424. The normalized spacial score (nSPS) is 27.1. The molecule has 0 radical (unpaired) electrons. The van der Waals surface area contributed by atoms with E-state index in [1.807, 2.05) is 11.8 Å². The van der Waals surface area contributed by atoms with Gasteiger partial charge in [0.15, 0.2) is 14.6 Å². The maximum Gasteiger partial charge on any atom is 0.241 e. The van der Waals surface area contributed by atoms with E-state index in [2.05, 4.69) is 10.6 Å². The van der Waals surface area contributed by atoms with Crippen LogP contribution < -0.4 is 10.6 Å². The van der Waals surface area contributed by atoms with Gasteiger partial charge in [-0.25, -0.2) is 8.42 Å². The molecule has 0 spiro atoms. The van der Waals surface area contributed by atoms with Crippen molar-refractivity contribution >= 4 is 27.5 Å². The molecule has 0 aromatic heterocycles. The Labute approximate surface area is 119 Å². The lowest BCUT2D eigenvalue weighted by Gasteiger charge is -2.34. The zero-order valence-corrected chi connectivity index (χ0v) is 12.9. The van der Waals surface area contributed by atoms with Crippen LogP contribution in [-0.4, -0.2) is 56.0 Å². The minimum atomic E-state index is -3.39. The van der Waals surface area contributed by atoms with E-state index in [1.165, 1.54) is 12.7 Å². The molecule has 1 amide bonds. The Morgan fingerprint density at radius 2 is 2.11 bits per heavy atom. The summed E-state index contributed by atoms with van der Waals surface area (Å²) in [6.07, 6.45) is 4.22. The molecule has 0 aliphatic carbocycles. The molecule has 0 bridgehead atoms. The van der Waals surface area contributed by atoms with E-state index in [-0.39, 0.29) is 5.91 Å². The van der Waals surface area contributed by atoms with Crippen molar-refractivity contribution in [2.24, 2.45) is 0 Å². The zero-order chi connectivity index (χ0) is 13.9. The fraction of sp³-hybridized carbons (Fsp3) is 0.917. The summed E-state index contributed by atoms with van der Waals surface area (Å²) in [6.45, 7) is 1.76. The lowest BCUT2D eigenvalue weighted by Crippen LogP contribution is -2.57. The van der Waals surface area contributed by atoms with Gasteiger partial charge in [-0.3, -0.25) is 4.79 Å². The van der Waals surface area contributed by atoms with Crippen LogP contribution in [0.4, 0.5) is 0 Å². The highest BCUT2D eigenvalue weighted by molar-refractivity contribution is 8.00. The Morgan fingerprint density at radius 1 is 1.42 bits per heavy atom. The first-order chi connectivity index (χ1) is 8.96. The number of carbonyl (C=O) groups excluding carboxylic acids is 1. The van der Waals surface area contributed by atoms with Gasteiger partial charge in [-0.05, 0) is 44.5 Å². The number of amides is 1. The van der Waals surface area contributed by atoms with Gasteiger partial charge in [-0.2, -0.15) is 11.8 Å². The summed E-state index contributed by atoms with van der Waals surface area (Å²) in [5.41, 5.74) is 0. The van der Waals surface area contributed by atoms with Crippen LogP contribution in [0.3, 0.4) is 0 Å². The molecule has 5 nitrogen and oxygen atoms in total. The molecule has 110 valence electrons. The summed E-state index contributed by atoms with van der Waals surface area (Å²) in [4.78, 5) is 12.4. The molecular formula is C12H22N2O3S2. The smallest absolute Gasteiger partial charge is 0.241 e. The highest BCUT2D eigenvalue weighted by Crippen LogP contribution is 2.29. The number of hydrogen-bond donors (Lipinski definition) is 2. The maximum atomic E-state index is 12.4. The number of thioether (sulfide) groups is 1. The van der Waals surface area contributed by atoms with E-state index >= 15 is 0 Å². The van der Waals surface area contributed by atoms with Gasteiger partial charge in [0.1, 0.15) is 0 Å². The van der Waals surface area contributed by atoms with E-state index in [0.29, 0.717) is 37.7 Å². The Hall–Kier alpha value is -0.270. The molecule has 2 saturated heterocycles. The van der Waals surface area contributed by atoms with Gasteiger partial charge in [0, 0.05) is 18.1 Å². The second kappa shape index (κ2) is 6.01. The fourth-order valence-corrected chi connectivity index (χ4v) is 5.33. The quantitative estimate of drug-likeness (QED) is 0.774. The molecule has 2 aliphatic rings. The first-order valence-electron chi connectivity index (χ1n) is 6.76. The molecular weight excluding hydrogens is 284 g/mol. The lowest BCUT2D eigenvalue weighted by molar-refractivity contribution is -0.124. The van der Waals surface area contributed by atoms with Crippen molar-refractivity contribution in [1.29, 1.82) is 0 Å². The molecule has 7 heteroatoms. The fourth-order valence-electron chi connectivity index (χ4n) is 2.77. The molecule has 0 aromatic rings. The predicted octanol–water partition coefficient (Wildman–Crippen LogP) is 0.165. The second-order valence-corrected chi connectivity index (χ2v) is 9.10. The number of rotatable bonds is 4. The van der Waals surface area contributed by atoms with Gasteiger partial charge >= 0.3 is 0 Å². The van der Waals surface area contributed by atoms with Gasteiger partial charge < -0.3 is 10.6 Å². The molecule has 1 unspecified atom stereocenters. The van der Waals surface area contributed by atoms with Gasteiger partial charge in [-0.15, -0.1) is 0 Å². The summed E-state index contributed by atoms with van der Waals surface area (Å²) < 4.78 is 22.9. The van der Waals surface area contributed by atoms with Crippen molar-refractivity contribution in [1.82, 2.24) is 10.6 Å². The first kappa shape index (κ1) is 15.1. The molecule has 1 atom stereocenters. The number of piperidine rings is 1. The summed E-state index contributed by atoms with van der Waals surface area (Å²) in [7, 11) is -3.39. The number of hydrogen-bond acceptors (Lipinski definition) is 5. The topological polar surface area (TPSA) is 75.3 Å². The van der Waals surface area contributed by atoms with Crippen LogP contribution in [0.15, 0.2) is 0 Å². The molecule has 2 aliphatic heterocycles. The molecule has 2 heterocycles. The SMILES string of the molecule is CS(=O)(=O)C1(C(=O)NCC2CCCS2)CCNCC1. The highest BCUT2D eigenvalue weighted by Gasteiger charge is 2.48. The van der Waals surface area contributed by atoms with E-state index in [4.69, 9.17) is 0 Å². The van der Waals surface area contributed by atoms with Gasteiger partial charge in [-0.1, -0.05) is 0 Å². The van der Waals surface area contributed by atoms with Crippen molar-refractivity contribution in [2.75, 3.05) is 31.6 Å². The van der Waals surface area contributed by atoms with Crippen LogP contribution in [0.5, 0.6) is 0 Å². The molecule has 2 fully saturated rings. The predicted molar refractivity (Wildman–Crippen MR) is 78.2 cm³/mol. The van der Waals surface area contributed by atoms with E-state index in [0.717, 1.165) is 12.2 Å². The molecule has 0 aromatic carbocycles. The van der Waals surface area contributed by atoms with Crippen LogP contribution in [0.25, 0.3) is 0 Å². The largest absolute Gasteiger partial charge is 0.354 e. The minimum Gasteiger partial charge on any atom is -0.354 e. The van der Waals surface area contributed by atoms with Crippen LogP contribution in [0.2, 0.25) is 0 Å². The van der Waals surface area contributed by atoms with Crippen LogP contribution >= 0.6 is 11.8 Å². The monoisotopic (exact) mass is 306 g/mol. The summed E-state index contributed by atoms with van der Waals surface area (Å²) >= 11 is 1.86. The molecule has 2 rings (SSSR count). The minimum absolute atomic E-state index is 0.302. The van der Waals surface area contributed by atoms with Crippen molar-refractivity contribution in [3.05, 3.63) is 0 Å². The number of sulfone groups is 1. The number of carbonyl (C=O) groups is 1. The average molecular weight is 306 g/mol. The van der Waals surface area contributed by atoms with Crippen molar-refractivity contribution in [3.8, 4) is 0 Å². The van der Waals surface area contributed by atoms with Crippen molar-refractivity contribution in [2.45, 2.75) is 35.7 Å². The van der Waals surface area contributed by atoms with Crippen molar-refractivity contribution < 1.29 is 13.2 Å². The molecule has 2 N–H and O–H groups in total. The second-order valence-electron chi connectivity index (χ2n) is 5.36. The Morgan fingerprint density at radius 3 is 2.63 bits per heavy atom. The number of nitrogens with one attached hydrogen (secondary N) is 2. The Kier molecular flexibility index (Phi) is 4.79. The zero-order valence-electron chi connectivity index (χ0n) is 11.3.